The Kier molecular flexibility index (Phi) is 4.00. The molecule has 88 valence electrons. The molecule has 3 aliphatic heterocycles. The van der Waals surface area contributed by atoms with Crippen LogP contribution < -0.4 is 0 Å². The molecule has 0 aromatic heterocycles. The van der Waals surface area contributed by atoms with Crippen molar-refractivity contribution in [2.24, 2.45) is 0 Å². The second kappa shape index (κ2) is 5.28. The average molecular weight is 213 g/mol. The minimum Gasteiger partial charge on any atom is -0.396 e. The normalized spacial score (nSPS) is 34.6. The summed E-state index contributed by atoms with van der Waals surface area (Å²) in [6.45, 7) is 9.91. The van der Waals surface area contributed by atoms with Gasteiger partial charge in [0.25, 0.3) is 0 Å². The van der Waals surface area contributed by atoms with Crippen LogP contribution in [0.2, 0.25) is 0 Å². The highest BCUT2D eigenvalue weighted by molar-refractivity contribution is 4.70. The van der Waals surface area contributed by atoms with Gasteiger partial charge < -0.3 is 9.59 Å². The first-order valence-corrected chi connectivity index (χ1v) is 6.53. The molecule has 15 heavy (non-hydrogen) atoms. The maximum Gasteiger partial charge on any atom is 0.0916 e. The molecule has 0 radical (unpaired) electrons. The van der Waals surface area contributed by atoms with Crippen LogP contribution in [0.15, 0.2) is 0 Å². The summed E-state index contributed by atoms with van der Waals surface area (Å²) >= 11 is 0. The molecule has 0 saturated carbocycles. The molecule has 3 heterocycles. The van der Waals surface area contributed by atoms with E-state index in [1.165, 1.54) is 69.6 Å². The minimum absolute atomic E-state index is 0.370. The van der Waals surface area contributed by atoms with E-state index in [-0.39, 0.29) is 0 Å². The third-order valence-corrected chi connectivity index (χ3v) is 4.21. The Labute approximate surface area is 93.3 Å². The highest BCUT2D eigenvalue weighted by atomic mass is 16.2. The molecule has 0 aromatic rings. The molecule has 0 spiro atoms. The van der Waals surface area contributed by atoms with Gasteiger partial charge in [-0.1, -0.05) is 6.42 Å². The molecule has 1 N–H and O–H groups in total. The van der Waals surface area contributed by atoms with Gasteiger partial charge >= 0.3 is 0 Å². The van der Waals surface area contributed by atoms with Crippen molar-refractivity contribution in [2.45, 2.75) is 25.7 Å². The predicted molar refractivity (Wildman–Crippen MR) is 61.7 cm³/mol. The predicted octanol–water partition coefficient (Wildman–Crippen LogP) is 0.685. The van der Waals surface area contributed by atoms with Gasteiger partial charge in [0.1, 0.15) is 0 Å². The van der Waals surface area contributed by atoms with E-state index in [1.54, 1.807) is 0 Å². The number of aliphatic hydroxyl groups is 1. The summed E-state index contributed by atoms with van der Waals surface area (Å²) in [5.74, 6) is 0. The van der Waals surface area contributed by atoms with E-state index in [0.717, 1.165) is 6.42 Å². The number of quaternary nitrogens is 1. The van der Waals surface area contributed by atoms with Crippen molar-refractivity contribution in [3.63, 3.8) is 0 Å². The molecule has 3 heteroatoms. The van der Waals surface area contributed by atoms with Crippen LogP contribution in [-0.4, -0.2) is 66.9 Å². The van der Waals surface area contributed by atoms with Crippen molar-refractivity contribution in [3.05, 3.63) is 0 Å². The monoisotopic (exact) mass is 213 g/mol. The topological polar surface area (TPSA) is 23.5 Å². The fourth-order valence-electron chi connectivity index (χ4n) is 2.98. The highest BCUT2D eigenvalue weighted by Gasteiger charge is 2.37. The highest BCUT2D eigenvalue weighted by Crippen LogP contribution is 2.20. The van der Waals surface area contributed by atoms with Crippen LogP contribution in [0.1, 0.15) is 25.7 Å². The van der Waals surface area contributed by atoms with Crippen LogP contribution in [-0.2, 0) is 0 Å². The van der Waals surface area contributed by atoms with E-state index in [1.807, 2.05) is 0 Å². The molecule has 2 bridgehead atoms. The van der Waals surface area contributed by atoms with Gasteiger partial charge in [0.2, 0.25) is 0 Å². The Morgan fingerprint density at radius 3 is 2.07 bits per heavy atom. The number of nitrogens with zero attached hydrogens (tertiary/aromatic N) is 2. The third kappa shape index (κ3) is 2.92. The number of hydrogen-bond donors (Lipinski definition) is 1. The Morgan fingerprint density at radius 2 is 1.47 bits per heavy atom. The molecule has 3 aliphatic rings. The van der Waals surface area contributed by atoms with E-state index < -0.39 is 0 Å². The van der Waals surface area contributed by atoms with E-state index in [2.05, 4.69) is 4.90 Å². The molecule has 3 saturated heterocycles. The van der Waals surface area contributed by atoms with Gasteiger partial charge in [0.15, 0.2) is 0 Å². The Morgan fingerprint density at radius 1 is 0.867 bits per heavy atom. The zero-order valence-corrected chi connectivity index (χ0v) is 9.83. The Hall–Kier alpha value is -0.120. The number of hydrogen-bond acceptors (Lipinski definition) is 2. The number of aliphatic hydroxyl groups excluding tert-OH is 1. The lowest BCUT2D eigenvalue weighted by atomic mass is 10.1. The standard InChI is InChI=1S/C12H25N2O/c15-12-4-2-1-3-8-14-9-5-13(6-10-14)7-11-14/h15H,1-12H2/q+1. The van der Waals surface area contributed by atoms with Crippen molar-refractivity contribution in [2.75, 3.05) is 52.4 Å². The summed E-state index contributed by atoms with van der Waals surface area (Å²) < 4.78 is 1.40. The van der Waals surface area contributed by atoms with E-state index in [4.69, 9.17) is 5.11 Å². The third-order valence-electron chi connectivity index (χ3n) is 4.21. The van der Waals surface area contributed by atoms with Crippen LogP contribution in [0.25, 0.3) is 0 Å². The first kappa shape index (κ1) is 11.4. The number of rotatable bonds is 6. The number of piperazine rings is 3. The van der Waals surface area contributed by atoms with Gasteiger partial charge in [-0.05, 0) is 19.3 Å². The maximum absolute atomic E-state index is 8.71. The molecule has 0 atom stereocenters. The molecule has 3 rings (SSSR count). The molecule has 3 nitrogen and oxygen atoms in total. The van der Waals surface area contributed by atoms with Crippen LogP contribution in [0.5, 0.6) is 0 Å². The lowest BCUT2D eigenvalue weighted by Gasteiger charge is -2.50. The van der Waals surface area contributed by atoms with Gasteiger partial charge in [-0.15, -0.1) is 0 Å². The number of unbranched alkanes of at least 4 members (excludes halogenated alkanes) is 3. The first-order valence-electron chi connectivity index (χ1n) is 6.53. The van der Waals surface area contributed by atoms with Crippen molar-refractivity contribution < 1.29 is 9.59 Å². The van der Waals surface area contributed by atoms with E-state index in [0.29, 0.717) is 6.61 Å². The zero-order chi connectivity index (χ0) is 10.6. The zero-order valence-electron chi connectivity index (χ0n) is 9.83. The van der Waals surface area contributed by atoms with Crippen LogP contribution in [0.3, 0.4) is 0 Å². The molecule has 3 fully saturated rings. The fourth-order valence-corrected chi connectivity index (χ4v) is 2.98. The molecule has 0 aromatic carbocycles. The molecular weight excluding hydrogens is 188 g/mol. The smallest absolute Gasteiger partial charge is 0.0916 e. The lowest BCUT2D eigenvalue weighted by molar-refractivity contribution is -0.941. The molecule has 0 amide bonds. The maximum atomic E-state index is 8.71. The molecule has 0 unspecified atom stereocenters. The van der Waals surface area contributed by atoms with Gasteiger partial charge in [-0.2, -0.15) is 0 Å². The van der Waals surface area contributed by atoms with Gasteiger partial charge in [-0.25, -0.2) is 0 Å². The van der Waals surface area contributed by atoms with Gasteiger partial charge in [-0.3, -0.25) is 4.90 Å². The SMILES string of the molecule is OCCCCCC[N+]12CCN(CC1)CC2. The summed E-state index contributed by atoms with van der Waals surface area (Å²) in [4.78, 5) is 2.60. The van der Waals surface area contributed by atoms with E-state index >= 15 is 0 Å². The molecular formula is C12H25N2O+. The van der Waals surface area contributed by atoms with Crippen molar-refractivity contribution >= 4 is 0 Å². The number of fused-ring (bicyclic) bond motifs is 3. The Bertz CT molecular complexity index is 174. The summed E-state index contributed by atoms with van der Waals surface area (Å²) in [5.41, 5.74) is 0. The van der Waals surface area contributed by atoms with Gasteiger partial charge in [0.05, 0.1) is 26.2 Å². The largest absolute Gasteiger partial charge is 0.396 e. The quantitative estimate of drug-likeness (QED) is 0.518. The Balaban J connectivity index is 1.64. The fraction of sp³-hybridized carbons (Fsp3) is 1.00. The van der Waals surface area contributed by atoms with Gasteiger partial charge in [0, 0.05) is 26.2 Å². The summed E-state index contributed by atoms with van der Waals surface area (Å²) in [6.07, 6.45) is 4.88. The van der Waals surface area contributed by atoms with Crippen LogP contribution in [0.4, 0.5) is 0 Å². The summed E-state index contributed by atoms with van der Waals surface area (Å²) in [5, 5.41) is 8.71. The van der Waals surface area contributed by atoms with E-state index in [9.17, 15) is 0 Å². The van der Waals surface area contributed by atoms with Crippen LogP contribution in [0, 0.1) is 0 Å². The minimum atomic E-state index is 0.370. The van der Waals surface area contributed by atoms with Crippen molar-refractivity contribution in [1.29, 1.82) is 0 Å². The average Bonchev–Trinajstić information content (AvgIpc) is 2.31. The second-order valence-electron chi connectivity index (χ2n) is 5.22. The summed E-state index contributed by atoms with van der Waals surface area (Å²) in [6, 6.07) is 0. The lowest BCUT2D eigenvalue weighted by Crippen LogP contribution is -2.67. The van der Waals surface area contributed by atoms with Crippen molar-refractivity contribution in [1.82, 2.24) is 4.90 Å². The molecule has 0 aliphatic carbocycles. The first-order chi connectivity index (χ1) is 7.35. The second-order valence-corrected chi connectivity index (χ2v) is 5.22. The van der Waals surface area contributed by atoms with Crippen molar-refractivity contribution in [3.8, 4) is 0 Å². The van der Waals surface area contributed by atoms with Crippen LogP contribution >= 0.6 is 0 Å². The summed E-state index contributed by atoms with van der Waals surface area (Å²) in [7, 11) is 0.